The van der Waals surface area contributed by atoms with E-state index in [9.17, 15) is 0 Å². The van der Waals surface area contributed by atoms with E-state index in [-0.39, 0.29) is 0 Å². The summed E-state index contributed by atoms with van der Waals surface area (Å²) in [6.45, 7) is 6.26. The van der Waals surface area contributed by atoms with Crippen molar-refractivity contribution in [3.8, 4) is 11.5 Å². The van der Waals surface area contributed by atoms with E-state index < -0.39 is 0 Å². The minimum atomic E-state index is 0.299. The molecule has 3 rings (SSSR count). The second kappa shape index (κ2) is 8.59. The summed E-state index contributed by atoms with van der Waals surface area (Å²) in [5.41, 5.74) is 2.56. The number of aliphatic imine (C=N–C) groups is 1. The standard InChI is InChI=1S/C18H25N3O3/c1-2-19-18(20-8-5-14-6-9-22-10-7-14)21-12-15-3-4-16-17(11-15)24-13-23-16/h3-4,6,11H,2,5,7-10,12-13H2,1H3,(H2,19,20,21). The monoisotopic (exact) mass is 331 g/mol. The van der Waals surface area contributed by atoms with E-state index in [1.807, 2.05) is 18.2 Å². The van der Waals surface area contributed by atoms with Crippen LogP contribution in [0, 0.1) is 0 Å². The Labute approximate surface area is 142 Å². The first-order valence-corrected chi connectivity index (χ1v) is 8.51. The van der Waals surface area contributed by atoms with Gasteiger partial charge in [0.25, 0.3) is 0 Å². The molecule has 2 aliphatic rings. The molecule has 0 spiro atoms. The minimum Gasteiger partial charge on any atom is -0.454 e. The van der Waals surface area contributed by atoms with Crippen LogP contribution in [0.5, 0.6) is 11.5 Å². The Hall–Kier alpha value is -2.21. The van der Waals surface area contributed by atoms with Gasteiger partial charge in [-0.05, 0) is 37.5 Å². The molecule has 0 atom stereocenters. The Morgan fingerprint density at radius 3 is 2.96 bits per heavy atom. The first-order valence-electron chi connectivity index (χ1n) is 8.51. The number of rotatable bonds is 6. The molecule has 0 amide bonds. The zero-order valence-electron chi connectivity index (χ0n) is 14.1. The molecule has 0 fully saturated rings. The fourth-order valence-corrected chi connectivity index (χ4v) is 2.69. The van der Waals surface area contributed by atoms with E-state index in [1.54, 1.807) is 0 Å². The van der Waals surface area contributed by atoms with Gasteiger partial charge in [-0.15, -0.1) is 0 Å². The number of guanidine groups is 1. The molecule has 0 bridgehead atoms. The molecule has 2 heterocycles. The molecule has 0 saturated heterocycles. The van der Waals surface area contributed by atoms with Crippen molar-refractivity contribution >= 4 is 5.96 Å². The summed E-state index contributed by atoms with van der Waals surface area (Å²) in [6.07, 6.45) is 4.24. The van der Waals surface area contributed by atoms with Crippen molar-refractivity contribution in [2.75, 3.05) is 33.1 Å². The van der Waals surface area contributed by atoms with Gasteiger partial charge >= 0.3 is 0 Å². The third-order valence-electron chi connectivity index (χ3n) is 4.00. The van der Waals surface area contributed by atoms with Crippen LogP contribution in [0.4, 0.5) is 0 Å². The van der Waals surface area contributed by atoms with Crippen LogP contribution in [0.1, 0.15) is 25.3 Å². The van der Waals surface area contributed by atoms with Crippen LogP contribution < -0.4 is 20.1 Å². The van der Waals surface area contributed by atoms with Crippen molar-refractivity contribution in [1.29, 1.82) is 0 Å². The van der Waals surface area contributed by atoms with Gasteiger partial charge in [0, 0.05) is 13.1 Å². The average molecular weight is 331 g/mol. The highest BCUT2D eigenvalue weighted by Gasteiger charge is 2.13. The molecule has 130 valence electrons. The van der Waals surface area contributed by atoms with Gasteiger partial charge in [-0.1, -0.05) is 17.7 Å². The van der Waals surface area contributed by atoms with Crippen molar-refractivity contribution < 1.29 is 14.2 Å². The second-order valence-electron chi connectivity index (χ2n) is 5.75. The number of nitrogens with one attached hydrogen (secondary N) is 2. The van der Waals surface area contributed by atoms with Gasteiger partial charge in [-0.3, -0.25) is 0 Å². The highest BCUT2D eigenvalue weighted by molar-refractivity contribution is 5.79. The zero-order valence-corrected chi connectivity index (χ0v) is 14.1. The molecule has 2 aliphatic heterocycles. The lowest BCUT2D eigenvalue weighted by molar-refractivity contribution is 0.153. The molecular formula is C18H25N3O3. The summed E-state index contributed by atoms with van der Waals surface area (Å²) in [7, 11) is 0. The summed E-state index contributed by atoms with van der Waals surface area (Å²) in [5, 5.41) is 6.67. The highest BCUT2D eigenvalue weighted by atomic mass is 16.7. The van der Waals surface area contributed by atoms with Crippen molar-refractivity contribution in [3.05, 3.63) is 35.4 Å². The fraction of sp³-hybridized carbons (Fsp3) is 0.500. The molecule has 0 saturated carbocycles. The predicted molar refractivity (Wildman–Crippen MR) is 93.5 cm³/mol. The third-order valence-corrected chi connectivity index (χ3v) is 4.00. The topological polar surface area (TPSA) is 64.1 Å². The molecule has 6 heteroatoms. The molecule has 2 N–H and O–H groups in total. The summed E-state index contributed by atoms with van der Waals surface area (Å²) in [5.74, 6) is 2.44. The lowest BCUT2D eigenvalue weighted by Gasteiger charge is -2.15. The van der Waals surface area contributed by atoms with E-state index in [0.29, 0.717) is 13.3 Å². The molecule has 1 aromatic rings. The molecule has 24 heavy (non-hydrogen) atoms. The molecular weight excluding hydrogens is 306 g/mol. The van der Waals surface area contributed by atoms with Crippen LogP contribution in [0.25, 0.3) is 0 Å². The van der Waals surface area contributed by atoms with Gasteiger partial charge < -0.3 is 24.8 Å². The van der Waals surface area contributed by atoms with E-state index in [4.69, 9.17) is 14.2 Å². The van der Waals surface area contributed by atoms with Crippen LogP contribution in [0.3, 0.4) is 0 Å². The summed E-state index contributed by atoms with van der Waals surface area (Å²) in [6, 6.07) is 5.95. The maximum absolute atomic E-state index is 5.41. The first-order chi connectivity index (χ1) is 11.8. The Kier molecular flexibility index (Phi) is 5.96. The highest BCUT2D eigenvalue weighted by Crippen LogP contribution is 2.32. The Morgan fingerprint density at radius 2 is 2.12 bits per heavy atom. The first kappa shape index (κ1) is 16.6. The normalized spacial score (nSPS) is 16.7. The SMILES string of the molecule is CCNC(=NCc1ccc2c(c1)OCO2)NCCC1=CCOCC1. The number of hydrogen-bond acceptors (Lipinski definition) is 4. The van der Waals surface area contributed by atoms with Gasteiger partial charge in [-0.2, -0.15) is 0 Å². The van der Waals surface area contributed by atoms with Crippen molar-refractivity contribution in [2.24, 2.45) is 4.99 Å². The molecule has 0 unspecified atom stereocenters. The summed E-state index contributed by atoms with van der Waals surface area (Å²) < 4.78 is 16.1. The zero-order chi connectivity index (χ0) is 16.6. The number of fused-ring (bicyclic) bond motifs is 1. The van der Waals surface area contributed by atoms with Crippen LogP contribution >= 0.6 is 0 Å². The van der Waals surface area contributed by atoms with Crippen molar-refractivity contribution in [3.63, 3.8) is 0 Å². The molecule has 0 aliphatic carbocycles. The van der Waals surface area contributed by atoms with Gasteiger partial charge in [0.1, 0.15) is 0 Å². The van der Waals surface area contributed by atoms with Crippen LogP contribution in [0.2, 0.25) is 0 Å². The van der Waals surface area contributed by atoms with E-state index in [1.165, 1.54) is 5.57 Å². The van der Waals surface area contributed by atoms with E-state index in [0.717, 1.165) is 62.2 Å². The third kappa shape index (κ3) is 4.64. The molecule has 0 aromatic heterocycles. The summed E-state index contributed by atoms with van der Waals surface area (Å²) in [4.78, 5) is 4.65. The maximum Gasteiger partial charge on any atom is 0.231 e. The van der Waals surface area contributed by atoms with Gasteiger partial charge in [0.15, 0.2) is 17.5 Å². The Bertz CT molecular complexity index is 614. The molecule has 0 radical (unpaired) electrons. The fourth-order valence-electron chi connectivity index (χ4n) is 2.69. The quantitative estimate of drug-likeness (QED) is 0.475. The summed E-state index contributed by atoms with van der Waals surface area (Å²) >= 11 is 0. The Morgan fingerprint density at radius 1 is 1.21 bits per heavy atom. The average Bonchev–Trinajstić information content (AvgIpc) is 3.08. The van der Waals surface area contributed by atoms with Gasteiger partial charge in [-0.25, -0.2) is 4.99 Å². The van der Waals surface area contributed by atoms with Crippen LogP contribution in [-0.4, -0.2) is 39.1 Å². The van der Waals surface area contributed by atoms with E-state index >= 15 is 0 Å². The number of ether oxygens (including phenoxy) is 3. The largest absolute Gasteiger partial charge is 0.454 e. The lowest BCUT2D eigenvalue weighted by Crippen LogP contribution is -2.38. The van der Waals surface area contributed by atoms with E-state index in [2.05, 4.69) is 28.6 Å². The number of hydrogen-bond donors (Lipinski definition) is 2. The minimum absolute atomic E-state index is 0.299. The molecule has 1 aromatic carbocycles. The Balaban J connectivity index is 1.52. The number of nitrogens with zero attached hydrogens (tertiary/aromatic N) is 1. The lowest BCUT2D eigenvalue weighted by atomic mass is 10.1. The maximum atomic E-state index is 5.41. The van der Waals surface area contributed by atoms with Crippen LogP contribution in [0.15, 0.2) is 34.8 Å². The van der Waals surface area contributed by atoms with Crippen molar-refractivity contribution in [2.45, 2.75) is 26.3 Å². The van der Waals surface area contributed by atoms with Crippen LogP contribution in [-0.2, 0) is 11.3 Å². The number of benzene rings is 1. The second-order valence-corrected chi connectivity index (χ2v) is 5.75. The molecule has 6 nitrogen and oxygen atoms in total. The van der Waals surface area contributed by atoms with Crippen molar-refractivity contribution in [1.82, 2.24) is 10.6 Å². The predicted octanol–water partition coefficient (Wildman–Crippen LogP) is 2.21. The van der Waals surface area contributed by atoms with Gasteiger partial charge in [0.05, 0.1) is 19.8 Å². The van der Waals surface area contributed by atoms with Gasteiger partial charge in [0.2, 0.25) is 6.79 Å². The smallest absolute Gasteiger partial charge is 0.231 e.